The predicted octanol–water partition coefficient (Wildman–Crippen LogP) is 1.62. The van der Waals surface area contributed by atoms with Crippen LogP contribution in [0.3, 0.4) is 0 Å². The lowest BCUT2D eigenvalue weighted by molar-refractivity contribution is -0.688. The van der Waals surface area contributed by atoms with Crippen molar-refractivity contribution < 1.29 is 14.0 Å². The molecule has 0 saturated heterocycles. The van der Waals surface area contributed by atoms with E-state index in [1.807, 2.05) is 41.2 Å². The van der Waals surface area contributed by atoms with Crippen LogP contribution in [0.25, 0.3) is 0 Å². The second-order valence-electron chi connectivity index (χ2n) is 4.06. The number of ether oxygens (including phenoxy) is 2. The van der Waals surface area contributed by atoms with Gasteiger partial charge in [-0.3, -0.25) is 0 Å². The van der Waals surface area contributed by atoms with E-state index in [4.69, 9.17) is 14.7 Å². The Morgan fingerprint density at radius 3 is 3.00 bits per heavy atom. The first-order valence-electron chi connectivity index (χ1n) is 5.63. The molecule has 4 heteroatoms. The minimum absolute atomic E-state index is 0.288. The zero-order valence-corrected chi connectivity index (χ0v) is 9.67. The molecular formula is C14H11N2O2+. The van der Waals surface area contributed by atoms with Gasteiger partial charge in [0.05, 0.1) is 0 Å². The summed E-state index contributed by atoms with van der Waals surface area (Å²) in [6.07, 6.45) is 3.76. The third-order valence-corrected chi connectivity index (χ3v) is 2.79. The van der Waals surface area contributed by atoms with E-state index in [1.165, 1.54) is 0 Å². The molecule has 1 aliphatic rings. The molecule has 18 heavy (non-hydrogen) atoms. The van der Waals surface area contributed by atoms with Crippen molar-refractivity contribution in [1.82, 2.24) is 0 Å². The number of hydrogen-bond acceptors (Lipinski definition) is 3. The number of aromatic nitrogens is 1. The summed E-state index contributed by atoms with van der Waals surface area (Å²) in [5, 5.41) is 8.86. The van der Waals surface area contributed by atoms with Crippen LogP contribution in [-0.2, 0) is 6.54 Å². The Balaban J connectivity index is 1.86. The van der Waals surface area contributed by atoms with Gasteiger partial charge in [-0.1, -0.05) is 0 Å². The summed E-state index contributed by atoms with van der Waals surface area (Å²) in [6, 6.07) is 11.7. The lowest BCUT2D eigenvalue weighted by atomic mass is 10.2. The van der Waals surface area contributed by atoms with Crippen molar-refractivity contribution in [3.05, 3.63) is 53.9 Å². The minimum atomic E-state index is 0.288. The van der Waals surface area contributed by atoms with Crippen molar-refractivity contribution in [1.29, 1.82) is 5.26 Å². The number of nitriles is 1. The van der Waals surface area contributed by atoms with E-state index in [-0.39, 0.29) is 6.79 Å². The summed E-state index contributed by atoms with van der Waals surface area (Å²) >= 11 is 0. The number of benzene rings is 1. The molecule has 0 saturated carbocycles. The molecule has 3 rings (SSSR count). The first-order valence-corrected chi connectivity index (χ1v) is 5.63. The Kier molecular flexibility index (Phi) is 2.58. The van der Waals surface area contributed by atoms with Gasteiger partial charge in [0.25, 0.3) is 0 Å². The average molecular weight is 239 g/mol. The van der Waals surface area contributed by atoms with Gasteiger partial charge in [0.2, 0.25) is 6.79 Å². The van der Waals surface area contributed by atoms with Crippen LogP contribution >= 0.6 is 0 Å². The van der Waals surface area contributed by atoms with Crippen molar-refractivity contribution in [2.45, 2.75) is 6.54 Å². The Labute approximate surface area is 105 Å². The Bertz CT molecular complexity index is 632. The van der Waals surface area contributed by atoms with Crippen LogP contribution in [0.5, 0.6) is 11.5 Å². The molecule has 1 aromatic carbocycles. The smallest absolute Gasteiger partial charge is 0.231 e. The first kappa shape index (κ1) is 10.6. The number of rotatable bonds is 2. The summed E-state index contributed by atoms with van der Waals surface area (Å²) in [4.78, 5) is 0. The van der Waals surface area contributed by atoms with Gasteiger partial charge in [0.15, 0.2) is 30.4 Å². The van der Waals surface area contributed by atoms with Crippen LogP contribution in [0.15, 0.2) is 42.7 Å². The van der Waals surface area contributed by atoms with Crippen LogP contribution in [-0.4, -0.2) is 6.79 Å². The predicted molar refractivity (Wildman–Crippen MR) is 63.0 cm³/mol. The van der Waals surface area contributed by atoms with E-state index in [1.54, 1.807) is 6.07 Å². The minimum Gasteiger partial charge on any atom is -0.454 e. The molecule has 0 spiro atoms. The standard InChI is InChI=1S/C14H11N2O2/c15-7-12-2-1-5-16(9-12)8-11-3-4-13-14(6-11)18-10-17-13/h1-6,9H,8,10H2/q+1. The maximum absolute atomic E-state index is 8.86. The fourth-order valence-corrected chi connectivity index (χ4v) is 1.94. The van der Waals surface area contributed by atoms with Crippen molar-refractivity contribution >= 4 is 0 Å². The summed E-state index contributed by atoms with van der Waals surface area (Å²) in [5.74, 6) is 1.57. The molecule has 2 heterocycles. The monoisotopic (exact) mass is 239 g/mol. The van der Waals surface area contributed by atoms with Gasteiger partial charge in [-0.05, 0) is 24.3 Å². The van der Waals surface area contributed by atoms with E-state index < -0.39 is 0 Å². The normalized spacial score (nSPS) is 12.2. The molecule has 0 N–H and O–H groups in total. The van der Waals surface area contributed by atoms with E-state index >= 15 is 0 Å². The molecule has 0 fully saturated rings. The highest BCUT2D eigenvalue weighted by Gasteiger charge is 2.14. The van der Waals surface area contributed by atoms with Gasteiger partial charge in [0.1, 0.15) is 11.6 Å². The quantitative estimate of drug-likeness (QED) is 0.748. The highest BCUT2D eigenvalue weighted by atomic mass is 16.7. The molecule has 1 aliphatic heterocycles. The molecule has 0 aliphatic carbocycles. The highest BCUT2D eigenvalue weighted by Crippen LogP contribution is 2.32. The molecule has 2 aromatic rings. The van der Waals surface area contributed by atoms with Gasteiger partial charge in [-0.25, -0.2) is 0 Å². The number of fused-ring (bicyclic) bond motifs is 1. The van der Waals surface area contributed by atoms with Gasteiger partial charge in [-0.2, -0.15) is 9.83 Å². The number of nitrogens with zero attached hydrogens (tertiary/aromatic N) is 2. The number of pyridine rings is 1. The zero-order valence-electron chi connectivity index (χ0n) is 9.67. The fraction of sp³-hybridized carbons (Fsp3) is 0.143. The molecule has 0 bridgehead atoms. The Hall–Kier alpha value is -2.54. The Morgan fingerprint density at radius 1 is 1.22 bits per heavy atom. The van der Waals surface area contributed by atoms with Crippen LogP contribution in [0.4, 0.5) is 0 Å². The summed E-state index contributed by atoms with van der Waals surface area (Å²) < 4.78 is 12.6. The maximum atomic E-state index is 8.86. The van der Waals surface area contributed by atoms with Gasteiger partial charge in [-0.15, -0.1) is 0 Å². The van der Waals surface area contributed by atoms with Crippen molar-refractivity contribution in [3.63, 3.8) is 0 Å². The lowest BCUT2D eigenvalue weighted by Gasteiger charge is -2.00. The van der Waals surface area contributed by atoms with Crippen LogP contribution < -0.4 is 14.0 Å². The van der Waals surface area contributed by atoms with Gasteiger partial charge in [0, 0.05) is 11.6 Å². The van der Waals surface area contributed by atoms with E-state index in [0.29, 0.717) is 12.1 Å². The average Bonchev–Trinajstić information content (AvgIpc) is 2.86. The molecule has 4 nitrogen and oxygen atoms in total. The third kappa shape index (κ3) is 1.98. The molecule has 1 aromatic heterocycles. The maximum Gasteiger partial charge on any atom is 0.231 e. The molecule has 88 valence electrons. The topological polar surface area (TPSA) is 46.1 Å². The molecule has 0 atom stereocenters. The molecule has 0 unspecified atom stereocenters. The lowest BCUT2D eigenvalue weighted by Crippen LogP contribution is -2.33. The van der Waals surface area contributed by atoms with E-state index in [9.17, 15) is 0 Å². The Morgan fingerprint density at radius 2 is 2.11 bits per heavy atom. The first-order chi connectivity index (χ1) is 8.85. The van der Waals surface area contributed by atoms with Crippen molar-refractivity contribution in [2.24, 2.45) is 0 Å². The zero-order chi connectivity index (χ0) is 12.4. The fourth-order valence-electron chi connectivity index (χ4n) is 1.94. The summed E-state index contributed by atoms with van der Waals surface area (Å²) in [5.41, 5.74) is 1.76. The second-order valence-corrected chi connectivity index (χ2v) is 4.06. The molecule has 0 amide bonds. The second kappa shape index (κ2) is 4.38. The van der Waals surface area contributed by atoms with Crippen molar-refractivity contribution in [2.75, 3.05) is 6.79 Å². The van der Waals surface area contributed by atoms with E-state index in [2.05, 4.69) is 6.07 Å². The highest BCUT2D eigenvalue weighted by molar-refractivity contribution is 5.44. The van der Waals surface area contributed by atoms with Gasteiger partial charge >= 0.3 is 0 Å². The third-order valence-electron chi connectivity index (χ3n) is 2.79. The molecular weight excluding hydrogens is 228 g/mol. The summed E-state index contributed by atoms with van der Waals surface area (Å²) in [6.45, 7) is 0.988. The number of hydrogen-bond donors (Lipinski definition) is 0. The largest absolute Gasteiger partial charge is 0.454 e. The SMILES string of the molecule is N#Cc1ccc[n+](Cc2ccc3c(c2)OCO3)c1. The van der Waals surface area contributed by atoms with Gasteiger partial charge < -0.3 is 9.47 Å². The van der Waals surface area contributed by atoms with Crippen LogP contribution in [0, 0.1) is 11.3 Å². The van der Waals surface area contributed by atoms with Crippen LogP contribution in [0.1, 0.15) is 11.1 Å². The van der Waals surface area contributed by atoms with E-state index in [0.717, 1.165) is 17.1 Å². The molecule has 0 radical (unpaired) electrons. The van der Waals surface area contributed by atoms with Crippen molar-refractivity contribution in [3.8, 4) is 17.6 Å². The summed E-state index contributed by atoms with van der Waals surface area (Å²) in [7, 11) is 0. The van der Waals surface area contributed by atoms with Crippen LogP contribution in [0.2, 0.25) is 0 Å².